The zero-order chi connectivity index (χ0) is 18.5. The minimum Gasteiger partial charge on any atom is -0.494 e. The lowest BCUT2D eigenvalue weighted by Gasteiger charge is -2.07. The van der Waals surface area contributed by atoms with Gasteiger partial charge in [0, 0.05) is 18.9 Å². The van der Waals surface area contributed by atoms with Crippen molar-refractivity contribution in [3.8, 4) is 11.6 Å². The van der Waals surface area contributed by atoms with Crippen molar-refractivity contribution in [3.63, 3.8) is 0 Å². The van der Waals surface area contributed by atoms with Gasteiger partial charge in [-0.2, -0.15) is 0 Å². The van der Waals surface area contributed by atoms with Crippen LogP contribution >= 0.6 is 11.3 Å². The van der Waals surface area contributed by atoms with Crippen molar-refractivity contribution in [1.82, 2.24) is 14.0 Å². The van der Waals surface area contributed by atoms with Gasteiger partial charge in [0.15, 0.2) is 17.1 Å². The van der Waals surface area contributed by atoms with Gasteiger partial charge in [0.1, 0.15) is 0 Å². The lowest BCUT2D eigenvalue weighted by Crippen LogP contribution is -2.13. The minimum atomic E-state index is -0.469. The zero-order valence-corrected chi connectivity index (χ0v) is 15.1. The zero-order valence-electron chi connectivity index (χ0n) is 14.3. The smallest absolute Gasteiger partial charge is 0.358 e. The van der Waals surface area contributed by atoms with Crippen LogP contribution in [0.5, 0.6) is 11.6 Å². The van der Waals surface area contributed by atoms with Crippen molar-refractivity contribution < 1.29 is 19.4 Å². The molecule has 3 rings (SSSR count). The Bertz CT molecular complexity index is 959. The van der Waals surface area contributed by atoms with E-state index in [-0.39, 0.29) is 16.4 Å². The Hall–Kier alpha value is -2.81. The van der Waals surface area contributed by atoms with Crippen LogP contribution in [0.4, 0.5) is 0 Å². The average molecular weight is 377 g/mol. The lowest BCUT2D eigenvalue weighted by atomic mass is 10.3. The summed E-state index contributed by atoms with van der Waals surface area (Å²) in [5.74, 6) is 0.0938. The molecule has 26 heavy (non-hydrogen) atoms. The van der Waals surface area contributed by atoms with Gasteiger partial charge in [0.2, 0.25) is 5.88 Å². The third kappa shape index (κ3) is 3.88. The summed E-state index contributed by atoms with van der Waals surface area (Å²) in [4.78, 5) is 27.4. The van der Waals surface area contributed by atoms with E-state index in [1.807, 2.05) is 6.07 Å². The summed E-state index contributed by atoms with van der Waals surface area (Å²) in [7, 11) is 0. The van der Waals surface area contributed by atoms with Crippen LogP contribution in [0, 0.1) is 0 Å². The van der Waals surface area contributed by atoms with E-state index in [1.54, 1.807) is 29.8 Å². The topological polar surface area (TPSA) is 95.1 Å². The molecule has 0 saturated heterocycles. The molecule has 138 valence electrons. The van der Waals surface area contributed by atoms with E-state index in [9.17, 15) is 14.7 Å². The molecule has 9 heteroatoms. The van der Waals surface area contributed by atoms with Crippen molar-refractivity contribution in [2.45, 2.75) is 26.3 Å². The first-order chi connectivity index (χ1) is 12.6. The molecule has 0 saturated carbocycles. The Morgan fingerprint density at radius 3 is 2.96 bits per heavy atom. The van der Waals surface area contributed by atoms with Crippen LogP contribution in [-0.4, -0.2) is 38.2 Å². The van der Waals surface area contributed by atoms with Crippen molar-refractivity contribution in [2.75, 3.05) is 13.2 Å². The maximum atomic E-state index is 11.8. The van der Waals surface area contributed by atoms with Gasteiger partial charge in [0.05, 0.1) is 18.6 Å². The summed E-state index contributed by atoms with van der Waals surface area (Å²) < 4.78 is 13.8. The van der Waals surface area contributed by atoms with Crippen molar-refractivity contribution in [3.05, 3.63) is 45.3 Å². The van der Waals surface area contributed by atoms with Crippen molar-refractivity contribution >= 4 is 23.0 Å². The van der Waals surface area contributed by atoms with E-state index in [4.69, 9.17) is 9.47 Å². The Labute approximate surface area is 153 Å². The molecular weight excluding hydrogens is 358 g/mol. The van der Waals surface area contributed by atoms with Crippen LogP contribution in [0.2, 0.25) is 0 Å². The number of pyridine rings is 1. The van der Waals surface area contributed by atoms with Crippen LogP contribution in [0.3, 0.4) is 0 Å². The highest BCUT2D eigenvalue weighted by Gasteiger charge is 2.14. The SMILES string of the molecule is CCOC(=O)c1cn2cccc(OCCCCn3c(O)csc3=O)c2n1. The maximum absolute atomic E-state index is 11.8. The molecule has 8 nitrogen and oxygen atoms in total. The van der Waals surface area contributed by atoms with Gasteiger partial charge in [-0.1, -0.05) is 11.3 Å². The second-order valence-corrected chi connectivity index (χ2v) is 6.34. The number of unbranched alkanes of at least 4 members (excludes halogenated alkanes) is 1. The number of carbonyl (C=O) groups is 1. The summed E-state index contributed by atoms with van der Waals surface area (Å²) in [6.07, 6.45) is 4.78. The standard InChI is InChI=1S/C17H19N3O5S/c1-2-24-16(22)12-10-19-7-5-6-13(15(19)18-12)25-9-4-3-8-20-14(21)11-26-17(20)23/h5-7,10-11,21H,2-4,8-9H2,1H3. The number of hydrogen-bond acceptors (Lipinski definition) is 7. The number of imidazole rings is 1. The largest absolute Gasteiger partial charge is 0.494 e. The molecule has 0 radical (unpaired) electrons. The fourth-order valence-corrected chi connectivity index (χ4v) is 3.13. The van der Waals surface area contributed by atoms with Gasteiger partial charge in [0.25, 0.3) is 0 Å². The Morgan fingerprint density at radius 1 is 1.38 bits per heavy atom. The van der Waals surface area contributed by atoms with Crippen molar-refractivity contribution in [1.29, 1.82) is 0 Å². The highest BCUT2D eigenvalue weighted by atomic mass is 32.1. The highest BCUT2D eigenvalue weighted by molar-refractivity contribution is 7.07. The van der Waals surface area contributed by atoms with Crippen LogP contribution in [0.25, 0.3) is 5.65 Å². The summed E-state index contributed by atoms with van der Waals surface area (Å²) in [6, 6.07) is 3.59. The highest BCUT2D eigenvalue weighted by Crippen LogP contribution is 2.20. The van der Waals surface area contributed by atoms with Crippen molar-refractivity contribution in [2.24, 2.45) is 0 Å². The number of thiazole rings is 1. The Balaban J connectivity index is 1.58. The monoisotopic (exact) mass is 377 g/mol. The van der Waals surface area contributed by atoms with Gasteiger partial charge in [-0.05, 0) is 31.9 Å². The molecule has 0 aliphatic carbocycles. The van der Waals surface area contributed by atoms with Gasteiger partial charge in [-0.25, -0.2) is 9.78 Å². The molecular formula is C17H19N3O5S. The predicted octanol–water partition coefficient (Wildman–Crippen LogP) is 2.30. The molecule has 0 fully saturated rings. The maximum Gasteiger partial charge on any atom is 0.358 e. The molecule has 3 aromatic rings. The van der Waals surface area contributed by atoms with E-state index in [1.165, 1.54) is 9.95 Å². The Morgan fingerprint density at radius 2 is 2.23 bits per heavy atom. The van der Waals surface area contributed by atoms with Crippen LogP contribution in [0.15, 0.2) is 34.7 Å². The number of nitrogens with zero attached hydrogens (tertiary/aromatic N) is 3. The number of ether oxygens (including phenoxy) is 2. The summed E-state index contributed by atoms with van der Waals surface area (Å²) >= 11 is 0.978. The number of fused-ring (bicyclic) bond motifs is 1. The normalized spacial score (nSPS) is 11.0. The van der Waals surface area contributed by atoms with Gasteiger partial charge < -0.3 is 19.0 Å². The molecule has 1 N–H and O–H groups in total. The van der Waals surface area contributed by atoms with Gasteiger partial charge in [-0.3, -0.25) is 9.36 Å². The number of esters is 1. The molecule has 3 aromatic heterocycles. The fraction of sp³-hybridized carbons (Fsp3) is 0.353. The van der Waals surface area contributed by atoms with Crippen LogP contribution < -0.4 is 9.61 Å². The second kappa shape index (κ2) is 8.05. The summed E-state index contributed by atoms with van der Waals surface area (Å²) in [6.45, 7) is 2.91. The number of carbonyl (C=O) groups excluding carboxylic acids is 1. The number of aromatic nitrogens is 3. The predicted molar refractivity (Wildman–Crippen MR) is 96.1 cm³/mol. The molecule has 0 aromatic carbocycles. The van der Waals surface area contributed by atoms with Crippen LogP contribution in [0.1, 0.15) is 30.3 Å². The molecule has 3 heterocycles. The van der Waals surface area contributed by atoms with E-state index < -0.39 is 5.97 Å². The first-order valence-electron chi connectivity index (χ1n) is 8.25. The van der Waals surface area contributed by atoms with E-state index in [0.717, 1.165) is 11.3 Å². The molecule has 0 spiro atoms. The molecule has 0 unspecified atom stereocenters. The number of rotatable bonds is 8. The van der Waals surface area contributed by atoms with Gasteiger partial charge >= 0.3 is 10.8 Å². The van der Waals surface area contributed by atoms with E-state index in [2.05, 4.69) is 4.98 Å². The van der Waals surface area contributed by atoms with Gasteiger partial charge in [-0.15, -0.1) is 0 Å². The first-order valence-corrected chi connectivity index (χ1v) is 9.13. The molecule has 0 aliphatic rings. The van der Waals surface area contributed by atoms with E-state index >= 15 is 0 Å². The van der Waals surface area contributed by atoms with E-state index in [0.29, 0.717) is 44.0 Å². The summed E-state index contributed by atoms with van der Waals surface area (Å²) in [5, 5.41) is 11.0. The molecule has 0 bridgehead atoms. The fourth-order valence-electron chi connectivity index (χ4n) is 2.49. The number of hydrogen-bond donors (Lipinski definition) is 1. The summed E-state index contributed by atoms with van der Waals surface area (Å²) in [5.41, 5.74) is 0.775. The average Bonchev–Trinajstić information content (AvgIpc) is 3.20. The quantitative estimate of drug-likeness (QED) is 0.478. The first kappa shape index (κ1) is 18.0. The third-order valence-electron chi connectivity index (χ3n) is 3.73. The molecule has 0 atom stereocenters. The second-order valence-electron chi connectivity index (χ2n) is 5.52. The third-order valence-corrected chi connectivity index (χ3v) is 4.48. The minimum absolute atomic E-state index is 0.00503. The Kier molecular flexibility index (Phi) is 5.57. The molecule has 0 amide bonds. The molecule has 0 aliphatic heterocycles. The van der Waals surface area contributed by atoms with Crippen LogP contribution in [-0.2, 0) is 11.3 Å². The number of aromatic hydroxyl groups is 1. The lowest BCUT2D eigenvalue weighted by molar-refractivity contribution is 0.0520.